The summed E-state index contributed by atoms with van der Waals surface area (Å²) < 4.78 is 19.1. The maximum atomic E-state index is 13.6. The Bertz CT molecular complexity index is 572. The topological polar surface area (TPSA) is 35.2 Å². The zero-order chi connectivity index (χ0) is 13.8. The number of rotatable bonds is 4. The van der Waals surface area contributed by atoms with Gasteiger partial charge in [-0.3, -0.25) is 0 Å². The Morgan fingerprint density at radius 2 is 2.05 bits per heavy atom. The molecule has 2 N–H and O–H groups in total. The highest BCUT2D eigenvalue weighted by Gasteiger charge is 2.05. The van der Waals surface area contributed by atoms with Crippen LogP contribution in [0.15, 0.2) is 42.5 Å². The smallest absolute Gasteiger partial charge is 0.131 e. The van der Waals surface area contributed by atoms with E-state index < -0.39 is 0 Å². The van der Waals surface area contributed by atoms with Gasteiger partial charge in [-0.2, -0.15) is 0 Å². The van der Waals surface area contributed by atoms with Gasteiger partial charge in [-0.25, -0.2) is 4.39 Å². The molecule has 0 heterocycles. The molecule has 4 heteroatoms. The highest BCUT2D eigenvalue weighted by atomic mass is 35.5. The molecule has 0 radical (unpaired) electrons. The first-order chi connectivity index (χ1) is 9.06. The molecule has 0 aromatic heterocycles. The largest absolute Gasteiger partial charge is 0.489 e. The summed E-state index contributed by atoms with van der Waals surface area (Å²) >= 11 is 5.70. The van der Waals surface area contributed by atoms with Gasteiger partial charge < -0.3 is 10.5 Å². The summed E-state index contributed by atoms with van der Waals surface area (Å²) in [6.45, 7) is 2.06. The van der Waals surface area contributed by atoms with Crippen LogP contribution in [0.3, 0.4) is 0 Å². The maximum Gasteiger partial charge on any atom is 0.131 e. The number of ether oxygens (including phenoxy) is 1. The van der Waals surface area contributed by atoms with E-state index in [1.807, 2.05) is 31.2 Å². The molecule has 2 rings (SSSR count). The standard InChI is InChI=1S/C15H15ClFNO/c1-10(18)11-3-2-4-14(7-11)19-9-12-5-6-13(16)8-15(12)17/h2-8,10H,9,18H2,1H3/t10-/m1/s1. The quantitative estimate of drug-likeness (QED) is 0.915. The number of halogens is 2. The van der Waals surface area contributed by atoms with E-state index in [2.05, 4.69) is 0 Å². The molecule has 0 saturated heterocycles. The first kappa shape index (κ1) is 13.8. The van der Waals surface area contributed by atoms with Crippen molar-refractivity contribution in [1.29, 1.82) is 0 Å². The molecule has 0 unspecified atom stereocenters. The van der Waals surface area contributed by atoms with Crippen molar-refractivity contribution in [1.82, 2.24) is 0 Å². The molecule has 0 aliphatic rings. The average Bonchev–Trinajstić information content (AvgIpc) is 2.38. The van der Waals surface area contributed by atoms with Gasteiger partial charge in [0.1, 0.15) is 18.2 Å². The minimum Gasteiger partial charge on any atom is -0.489 e. The first-order valence-corrected chi connectivity index (χ1v) is 6.36. The molecule has 0 fully saturated rings. The van der Waals surface area contributed by atoms with E-state index in [0.29, 0.717) is 16.3 Å². The van der Waals surface area contributed by atoms with Gasteiger partial charge in [-0.05, 0) is 36.8 Å². The lowest BCUT2D eigenvalue weighted by Gasteiger charge is -2.10. The minimum absolute atomic E-state index is 0.0594. The molecular formula is C15H15ClFNO. The summed E-state index contributed by atoms with van der Waals surface area (Å²) in [4.78, 5) is 0. The summed E-state index contributed by atoms with van der Waals surface area (Å²) in [5.41, 5.74) is 7.25. The molecule has 0 spiro atoms. The summed E-state index contributed by atoms with van der Waals surface area (Å²) in [6, 6.07) is 12.0. The zero-order valence-corrected chi connectivity index (χ0v) is 11.3. The zero-order valence-electron chi connectivity index (χ0n) is 10.6. The molecule has 0 bridgehead atoms. The van der Waals surface area contributed by atoms with Crippen molar-refractivity contribution >= 4 is 11.6 Å². The Balaban J connectivity index is 2.08. The van der Waals surface area contributed by atoms with E-state index in [1.54, 1.807) is 12.1 Å². The fraction of sp³-hybridized carbons (Fsp3) is 0.200. The maximum absolute atomic E-state index is 13.6. The van der Waals surface area contributed by atoms with Gasteiger partial charge in [0.2, 0.25) is 0 Å². The van der Waals surface area contributed by atoms with Gasteiger partial charge in [0.25, 0.3) is 0 Å². The van der Waals surface area contributed by atoms with Crippen molar-refractivity contribution in [2.24, 2.45) is 5.73 Å². The molecule has 2 aromatic carbocycles. The van der Waals surface area contributed by atoms with Crippen molar-refractivity contribution in [2.75, 3.05) is 0 Å². The molecule has 2 aromatic rings. The lowest BCUT2D eigenvalue weighted by atomic mass is 10.1. The molecule has 0 saturated carbocycles. The second-order valence-electron chi connectivity index (χ2n) is 4.39. The number of hydrogen-bond acceptors (Lipinski definition) is 2. The van der Waals surface area contributed by atoms with Crippen LogP contribution in [0.2, 0.25) is 5.02 Å². The van der Waals surface area contributed by atoms with Crippen LogP contribution in [0.5, 0.6) is 5.75 Å². The first-order valence-electron chi connectivity index (χ1n) is 5.98. The van der Waals surface area contributed by atoms with Crippen molar-refractivity contribution in [3.05, 3.63) is 64.4 Å². The fourth-order valence-corrected chi connectivity index (χ4v) is 1.85. The van der Waals surface area contributed by atoms with Gasteiger partial charge in [0, 0.05) is 16.6 Å². The third-order valence-electron chi connectivity index (χ3n) is 2.79. The van der Waals surface area contributed by atoms with Crippen LogP contribution in [-0.4, -0.2) is 0 Å². The number of nitrogens with two attached hydrogens (primary N) is 1. The molecule has 0 aliphatic carbocycles. The normalized spacial score (nSPS) is 12.2. The van der Waals surface area contributed by atoms with Crippen molar-refractivity contribution < 1.29 is 9.13 Å². The van der Waals surface area contributed by atoms with Crippen LogP contribution in [0.1, 0.15) is 24.1 Å². The van der Waals surface area contributed by atoms with E-state index >= 15 is 0 Å². The van der Waals surface area contributed by atoms with Gasteiger partial charge in [0.15, 0.2) is 0 Å². The highest BCUT2D eigenvalue weighted by molar-refractivity contribution is 6.30. The predicted octanol–water partition coefficient (Wildman–Crippen LogP) is 4.08. The Morgan fingerprint density at radius 3 is 2.74 bits per heavy atom. The van der Waals surface area contributed by atoms with Crippen LogP contribution in [-0.2, 0) is 6.61 Å². The van der Waals surface area contributed by atoms with Crippen LogP contribution in [0.4, 0.5) is 4.39 Å². The van der Waals surface area contributed by atoms with E-state index in [9.17, 15) is 4.39 Å². The van der Waals surface area contributed by atoms with Crippen LogP contribution in [0.25, 0.3) is 0 Å². The SMILES string of the molecule is C[C@@H](N)c1cccc(OCc2ccc(Cl)cc2F)c1. The molecule has 1 atom stereocenters. The average molecular weight is 280 g/mol. The molecule has 100 valence electrons. The number of hydrogen-bond donors (Lipinski definition) is 1. The van der Waals surface area contributed by atoms with Crippen molar-refractivity contribution in [3.8, 4) is 5.75 Å². The monoisotopic (exact) mass is 279 g/mol. The van der Waals surface area contributed by atoms with E-state index in [-0.39, 0.29) is 18.5 Å². The van der Waals surface area contributed by atoms with Gasteiger partial charge in [-0.1, -0.05) is 29.8 Å². The van der Waals surface area contributed by atoms with Gasteiger partial charge in [0.05, 0.1) is 0 Å². The van der Waals surface area contributed by atoms with E-state index in [0.717, 1.165) is 5.56 Å². The molecule has 19 heavy (non-hydrogen) atoms. The Labute approximate surface area is 117 Å². The lowest BCUT2D eigenvalue weighted by Crippen LogP contribution is -2.05. The molecule has 0 amide bonds. The van der Waals surface area contributed by atoms with E-state index in [1.165, 1.54) is 6.07 Å². The third-order valence-corrected chi connectivity index (χ3v) is 3.03. The predicted molar refractivity (Wildman–Crippen MR) is 74.8 cm³/mol. The van der Waals surface area contributed by atoms with Crippen LogP contribution < -0.4 is 10.5 Å². The Kier molecular flexibility index (Phi) is 4.40. The third kappa shape index (κ3) is 3.69. The van der Waals surface area contributed by atoms with Crippen molar-refractivity contribution in [3.63, 3.8) is 0 Å². The van der Waals surface area contributed by atoms with Crippen LogP contribution in [0, 0.1) is 5.82 Å². The fourth-order valence-electron chi connectivity index (χ4n) is 1.69. The second kappa shape index (κ2) is 6.04. The van der Waals surface area contributed by atoms with Crippen LogP contribution >= 0.6 is 11.6 Å². The lowest BCUT2D eigenvalue weighted by molar-refractivity contribution is 0.299. The molecule has 2 nitrogen and oxygen atoms in total. The Hall–Kier alpha value is -1.58. The van der Waals surface area contributed by atoms with Gasteiger partial charge >= 0.3 is 0 Å². The highest BCUT2D eigenvalue weighted by Crippen LogP contribution is 2.20. The van der Waals surface area contributed by atoms with E-state index in [4.69, 9.17) is 22.1 Å². The molecular weight excluding hydrogens is 265 g/mol. The van der Waals surface area contributed by atoms with Gasteiger partial charge in [-0.15, -0.1) is 0 Å². The summed E-state index contributed by atoms with van der Waals surface area (Å²) in [5, 5.41) is 0.375. The number of benzene rings is 2. The summed E-state index contributed by atoms with van der Waals surface area (Å²) in [5.74, 6) is 0.306. The minimum atomic E-state index is -0.365. The molecule has 0 aliphatic heterocycles. The Morgan fingerprint density at radius 1 is 1.26 bits per heavy atom. The summed E-state index contributed by atoms with van der Waals surface area (Å²) in [6.07, 6.45) is 0. The summed E-state index contributed by atoms with van der Waals surface area (Å²) in [7, 11) is 0. The van der Waals surface area contributed by atoms with Crippen molar-refractivity contribution in [2.45, 2.75) is 19.6 Å². The second-order valence-corrected chi connectivity index (χ2v) is 4.82.